The van der Waals surface area contributed by atoms with Crippen LogP contribution in [0.25, 0.3) is 15.9 Å². The summed E-state index contributed by atoms with van der Waals surface area (Å²) in [5.41, 5.74) is 2.30. The first-order valence-corrected chi connectivity index (χ1v) is 12.6. The van der Waals surface area contributed by atoms with Crippen LogP contribution >= 0.6 is 23.1 Å². The molecule has 4 aromatic rings. The molecule has 8 heteroatoms. The lowest BCUT2D eigenvalue weighted by Gasteiger charge is -2.17. The van der Waals surface area contributed by atoms with E-state index in [1.54, 1.807) is 15.9 Å². The largest absolute Gasteiger partial charge is 0.325 e. The van der Waals surface area contributed by atoms with Crippen LogP contribution in [0, 0.1) is 11.7 Å². The number of nitrogens with one attached hydrogen (secondary N) is 1. The van der Waals surface area contributed by atoms with Crippen LogP contribution in [-0.2, 0) is 17.6 Å². The van der Waals surface area contributed by atoms with E-state index in [0.29, 0.717) is 22.1 Å². The Morgan fingerprint density at radius 2 is 1.97 bits per heavy atom. The standard InChI is InChI=1S/C25H22FN3O2S2/c1-15-7-12-19-20(13-15)33-23-22(19)24(31)29(18-5-3-2-4-6-18)25(28-23)32-14-21(30)27-17-10-8-16(26)9-11-17/h2-6,8-11,15H,7,12-14H2,1H3,(H,27,30). The molecule has 5 nitrogen and oxygen atoms in total. The van der Waals surface area contributed by atoms with Crippen LogP contribution in [-0.4, -0.2) is 21.2 Å². The summed E-state index contributed by atoms with van der Waals surface area (Å²) in [6.45, 7) is 2.24. The average molecular weight is 480 g/mol. The molecule has 2 aromatic carbocycles. The third-order valence-corrected chi connectivity index (χ3v) is 7.86. The number of anilines is 1. The van der Waals surface area contributed by atoms with Gasteiger partial charge in [-0.05, 0) is 67.1 Å². The predicted octanol–water partition coefficient (Wildman–Crippen LogP) is 5.44. The molecule has 1 aliphatic rings. The molecule has 2 aromatic heterocycles. The Morgan fingerprint density at radius 1 is 1.21 bits per heavy atom. The number of rotatable bonds is 5. The molecular weight excluding hydrogens is 457 g/mol. The Morgan fingerprint density at radius 3 is 2.73 bits per heavy atom. The number of benzene rings is 2. The Hall–Kier alpha value is -2.97. The molecule has 0 saturated heterocycles. The van der Waals surface area contributed by atoms with Crippen molar-refractivity contribution >= 4 is 44.9 Å². The summed E-state index contributed by atoms with van der Waals surface area (Å²) in [6.07, 6.45) is 2.95. The van der Waals surface area contributed by atoms with Gasteiger partial charge < -0.3 is 5.32 Å². The van der Waals surface area contributed by atoms with Crippen molar-refractivity contribution in [1.82, 2.24) is 9.55 Å². The molecule has 0 saturated carbocycles. The van der Waals surface area contributed by atoms with Crippen molar-refractivity contribution < 1.29 is 9.18 Å². The average Bonchev–Trinajstić information content (AvgIpc) is 3.17. The van der Waals surface area contributed by atoms with Crippen LogP contribution < -0.4 is 10.9 Å². The van der Waals surface area contributed by atoms with E-state index < -0.39 is 0 Å². The maximum absolute atomic E-state index is 13.7. The van der Waals surface area contributed by atoms with Crippen LogP contribution in [0.15, 0.2) is 64.5 Å². The number of carbonyl (C=O) groups excluding carboxylic acids is 1. The van der Waals surface area contributed by atoms with Crippen LogP contribution in [0.1, 0.15) is 23.8 Å². The van der Waals surface area contributed by atoms with Crippen molar-refractivity contribution in [2.45, 2.75) is 31.3 Å². The molecule has 1 N–H and O–H groups in total. The quantitative estimate of drug-likeness (QED) is 0.306. The highest BCUT2D eigenvalue weighted by molar-refractivity contribution is 7.99. The lowest BCUT2D eigenvalue weighted by Crippen LogP contribution is -2.23. The minimum atomic E-state index is -0.361. The SMILES string of the molecule is CC1CCc2c(sc3nc(SCC(=O)Nc4ccc(F)cc4)n(-c4ccccc4)c(=O)c23)C1. The number of para-hydroxylation sites is 1. The molecule has 2 heterocycles. The Bertz CT molecular complexity index is 1380. The van der Waals surface area contributed by atoms with Gasteiger partial charge >= 0.3 is 0 Å². The smallest absolute Gasteiger partial charge is 0.267 e. The van der Waals surface area contributed by atoms with Crippen molar-refractivity contribution in [3.8, 4) is 5.69 Å². The maximum Gasteiger partial charge on any atom is 0.267 e. The molecule has 1 unspecified atom stereocenters. The predicted molar refractivity (Wildman–Crippen MR) is 132 cm³/mol. The second kappa shape index (κ2) is 9.11. The van der Waals surface area contributed by atoms with E-state index in [4.69, 9.17) is 4.98 Å². The Labute approximate surface area is 198 Å². The minimum Gasteiger partial charge on any atom is -0.325 e. The van der Waals surface area contributed by atoms with Gasteiger partial charge in [-0.15, -0.1) is 11.3 Å². The lowest BCUT2D eigenvalue weighted by molar-refractivity contribution is -0.113. The van der Waals surface area contributed by atoms with E-state index in [9.17, 15) is 14.0 Å². The molecular formula is C25H22FN3O2S2. The van der Waals surface area contributed by atoms with Crippen molar-refractivity contribution in [2.24, 2.45) is 5.92 Å². The van der Waals surface area contributed by atoms with Crippen LogP contribution in [0.2, 0.25) is 0 Å². The van der Waals surface area contributed by atoms with E-state index in [-0.39, 0.29) is 23.0 Å². The van der Waals surface area contributed by atoms with Gasteiger partial charge in [-0.1, -0.05) is 36.9 Å². The number of aryl methyl sites for hydroxylation is 1. The van der Waals surface area contributed by atoms with Gasteiger partial charge in [-0.2, -0.15) is 0 Å². The molecule has 5 rings (SSSR count). The molecule has 1 atom stereocenters. The molecule has 0 radical (unpaired) electrons. The lowest BCUT2D eigenvalue weighted by atomic mass is 9.89. The fraction of sp³-hybridized carbons (Fsp3) is 0.240. The summed E-state index contributed by atoms with van der Waals surface area (Å²) in [5, 5.41) is 3.96. The highest BCUT2D eigenvalue weighted by Crippen LogP contribution is 2.37. The highest BCUT2D eigenvalue weighted by atomic mass is 32.2. The number of thiophene rings is 1. The number of halogens is 1. The summed E-state index contributed by atoms with van der Waals surface area (Å²) in [5.74, 6) is 0.0650. The third kappa shape index (κ3) is 4.45. The van der Waals surface area contributed by atoms with E-state index in [1.165, 1.54) is 40.9 Å². The van der Waals surface area contributed by atoms with Gasteiger partial charge in [0, 0.05) is 10.6 Å². The topological polar surface area (TPSA) is 64.0 Å². The van der Waals surface area contributed by atoms with Gasteiger partial charge in [0.05, 0.1) is 16.8 Å². The normalized spacial score (nSPS) is 15.4. The molecule has 168 valence electrons. The summed E-state index contributed by atoms with van der Waals surface area (Å²) in [4.78, 5) is 33.1. The van der Waals surface area contributed by atoms with Crippen molar-refractivity contribution in [2.75, 3.05) is 11.1 Å². The summed E-state index contributed by atoms with van der Waals surface area (Å²) < 4.78 is 14.7. The zero-order valence-corrected chi connectivity index (χ0v) is 19.6. The Balaban J connectivity index is 1.51. The molecule has 33 heavy (non-hydrogen) atoms. The number of thioether (sulfide) groups is 1. The summed E-state index contributed by atoms with van der Waals surface area (Å²) in [6, 6.07) is 15.0. The third-order valence-electron chi connectivity index (χ3n) is 5.77. The first-order valence-electron chi connectivity index (χ1n) is 10.8. The highest BCUT2D eigenvalue weighted by Gasteiger charge is 2.25. The van der Waals surface area contributed by atoms with E-state index >= 15 is 0 Å². The van der Waals surface area contributed by atoms with Gasteiger partial charge in [0.25, 0.3) is 5.56 Å². The van der Waals surface area contributed by atoms with Crippen LogP contribution in [0.4, 0.5) is 10.1 Å². The van der Waals surface area contributed by atoms with Crippen molar-refractivity contribution in [3.05, 3.63) is 81.2 Å². The van der Waals surface area contributed by atoms with Gasteiger partial charge in [0.2, 0.25) is 5.91 Å². The zero-order chi connectivity index (χ0) is 22.9. The van der Waals surface area contributed by atoms with Gasteiger partial charge in [-0.3, -0.25) is 14.2 Å². The van der Waals surface area contributed by atoms with Crippen LogP contribution in [0.5, 0.6) is 0 Å². The second-order valence-corrected chi connectivity index (χ2v) is 10.3. The maximum atomic E-state index is 13.7. The van der Waals surface area contributed by atoms with Gasteiger partial charge in [-0.25, -0.2) is 9.37 Å². The first kappa shape index (κ1) is 21.9. The Kier molecular flexibility index (Phi) is 6.03. The van der Waals surface area contributed by atoms with Gasteiger partial charge in [0.15, 0.2) is 5.16 Å². The number of hydrogen-bond donors (Lipinski definition) is 1. The molecule has 0 fully saturated rings. The molecule has 0 bridgehead atoms. The fourth-order valence-corrected chi connectivity index (χ4v) is 6.37. The number of aromatic nitrogens is 2. The molecule has 0 aliphatic heterocycles. The minimum absolute atomic E-state index is 0.0737. The van der Waals surface area contributed by atoms with Crippen molar-refractivity contribution in [3.63, 3.8) is 0 Å². The number of amides is 1. The van der Waals surface area contributed by atoms with E-state index in [0.717, 1.165) is 35.3 Å². The summed E-state index contributed by atoms with van der Waals surface area (Å²) in [7, 11) is 0. The zero-order valence-electron chi connectivity index (χ0n) is 18.0. The van der Waals surface area contributed by atoms with Crippen molar-refractivity contribution in [1.29, 1.82) is 0 Å². The second-order valence-electron chi connectivity index (χ2n) is 8.25. The number of fused-ring (bicyclic) bond motifs is 3. The summed E-state index contributed by atoms with van der Waals surface area (Å²) >= 11 is 2.82. The van der Waals surface area contributed by atoms with E-state index in [2.05, 4.69) is 12.2 Å². The number of hydrogen-bond acceptors (Lipinski definition) is 5. The first-order chi connectivity index (χ1) is 16.0. The van der Waals surface area contributed by atoms with E-state index in [1.807, 2.05) is 30.3 Å². The van der Waals surface area contributed by atoms with Crippen LogP contribution in [0.3, 0.4) is 0 Å². The monoisotopic (exact) mass is 479 g/mol. The number of carbonyl (C=O) groups is 1. The molecule has 0 spiro atoms. The number of nitrogens with zero attached hydrogens (tertiary/aromatic N) is 2. The van der Waals surface area contributed by atoms with Gasteiger partial charge in [0.1, 0.15) is 10.6 Å². The fourth-order valence-electron chi connectivity index (χ4n) is 4.13. The molecule has 1 aliphatic carbocycles. The molecule has 1 amide bonds.